The van der Waals surface area contributed by atoms with Crippen molar-refractivity contribution < 1.29 is 14.3 Å². The fourth-order valence-corrected chi connectivity index (χ4v) is 5.58. The van der Waals surface area contributed by atoms with Crippen molar-refractivity contribution in [3.63, 3.8) is 0 Å². The Labute approximate surface area is 189 Å². The molecule has 0 saturated carbocycles. The second kappa shape index (κ2) is 8.55. The van der Waals surface area contributed by atoms with Crippen molar-refractivity contribution in [3.8, 4) is 11.5 Å². The zero-order chi connectivity index (χ0) is 21.4. The summed E-state index contributed by atoms with van der Waals surface area (Å²) in [5.41, 5.74) is 2.14. The molecule has 1 aromatic heterocycles. The average molecular weight is 458 g/mol. The highest BCUT2D eigenvalue weighted by Gasteiger charge is 2.35. The minimum atomic E-state index is -0.0564. The normalized spacial score (nSPS) is 20.8. The number of hydrogen-bond donors (Lipinski definition) is 1. The van der Waals surface area contributed by atoms with Crippen LogP contribution in [0.4, 0.5) is 0 Å². The number of likely N-dealkylation sites (tertiary alicyclic amines) is 1. The summed E-state index contributed by atoms with van der Waals surface area (Å²) in [6.07, 6.45) is 1.09. The van der Waals surface area contributed by atoms with Crippen molar-refractivity contribution in [1.29, 1.82) is 0 Å². The Morgan fingerprint density at radius 2 is 2.03 bits per heavy atom. The minimum Gasteiger partial charge on any atom is -0.454 e. The average Bonchev–Trinajstić information content (AvgIpc) is 3.24. The van der Waals surface area contributed by atoms with Gasteiger partial charge in [0.2, 0.25) is 12.7 Å². The van der Waals surface area contributed by atoms with Crippen molar-refractivity contribution >= 4 is 34.2 Å². The predicted octanol–water partition coefficient (Wildman–Crippen LogP) is 2.33. The first kappa shape index (κ1) is 20.4. The van der Waals surface area contributed by atoms with Crippen molar-refractivity contribution in [1.82, 2.24) is 14.8 Å². The van der Waals surface area contributed by atoms with Crippen LogP contribution in [0.3, 0.4) is 0 Å². The van der Waals surface area contributed by atoms with Crippen LogP contribution in [0.2, 0.25) is 0 Å². The maximum Gasteiger partial charge on any atom is 0.250 e. The molecule has 3 aliphatic rings. The topological polar surface area (TPSA) is 72.8 Å². The fraction of sp³-hybridized carbons (Fsp3) is 0.409. The Kier molecular flexibility index (Phi) is 5.62. The maximum atomic E-state index is 12.3. The largest absolute Gasteiger partial charge is 0.454 e. The molecule has 2 aromatic rings. The minimum absolute atomic E-state index is 0.0564. The molecule has 0 aliphatic carbocycles. The quantitative estimate of drug-likeness (QED) is 0.707. The first-order valence-corrected chi connectivity index (χ1v) is 11.7. The highest BCUT2D eigenvalue weighted by molar-refractivity contribution is 8.23. The SMILES string of the molecule is O=C(CSC(=S)N1C[C@@H]2C[C@H](C1)c1cccc(=O)n1C2)NCc1ccc2c(c1)OCO2. The highest BCUT2D eigenvalue weighted by Crippen LogP contribution is 2.36. The van der Waals surface area contributed by atoms with Gasteiger partial charge >= 0.3 is 0 Å². The molecule has 5 rings (SSSR count). The standard InChI is InChI=1S/C22H23N3O4S2/c26-20(23-8-14-4-5-18-19(7-14)29-13-28-18)12-31-22(30)24-9-15-6-16(11-24)17-2-1-3-21(27)25(17)10-15/h1-5,7,15-16H,6,8-13H2,(H,23,26)/t15-,16+/m0/s1. The van der Waals surface area contributed by atoms with Crippen LogP contribution in [0.5, 0.6) is 11.5 Å². The number of pyridine rings is 1. The second-order valence-electron chi connectivity index (χ2n) is 8.12. The van der Waals surface area contributed by atoms with Crippen molar-refractivity contribution in [2.24, 2.45) is 5.92 Å². The molecule has 3 aliphatic heterocycles. The summed E-state index contributed by atoms with van der Waals surface area (Å²) < 4.78 is 13.3. The van der Waals surface area contributed by atoms with Crippen LogP contribution >= 0.6 is 24.0 Å². The van der Waals surface area contributed by atoms with Crippen LogP contribution in [-0.2, 0) is 17.9 Å². The molecule has 31 heavy (non-hydrogen) atoms. The van der Waals surface area contributed by atoms with Crippen LogP contribution in [0.1, 0.15) is 23.6 Å². The summed E-state index contributed by atoms with van der Waals surface area (Å²) in [7, 11) is 0. The van der Waals surface area contributed by atoms with Crippen LogP contribution in [-0.4, -0.2) is 45.3 Å². The van der Waals surface area contributed by atoms with Crippen LogP contribution in [0.15, 0.2) is 41.2 Å². The van der Waals surface area contributed by atoms with E-state index < -0.39 is 0 Å². The molecule has 1 saturated heterocycles. The molecule has 162 valence electrons. The van der Waals surface area contributed by atoms with Gasteiger partial charge in [0.25, 0.3) is 5.56 Å². The van der Waals surface area contributed by atoms with Gasteiger partial charge in [0.15, 0.2) is 11.5 Å². The third-order valence-corrected chi connectivity index (χ3v) is 7.51. The van der Waals surface area contributed by atoms with Crippen molar-refractivity contribution in [2.75, 3.05) is 25.6 Å². The molecule has 7 nitrogen and oxygen atoms in total. The fourth-order valence-electron chi connectivity index (χ4n) is 4.57. The van der Waals surface area contributed by atoms with E-state index in [0.717, 1.165) is 47.4 Å². The lowest BCUT2D eigenvalue weighted by Gasteiger charge is -2.43. The molecule has 4 heterocycles. The number of nitrogens with zero attached hydrogens (tertiary/aromatic N) is 2. The molecule has 1 aromatic carbocycles. The zero-order valence-corrected chi connectivity index (χ0v) is 18.5. The maximum absolute atomic E-state index is 12.3. The first-order chi connectivity index (χ1) is 15.1. The molecule has 1 N–H and O–H groups in total. The highest BCUT2D eigenvalue weighted by atomic mass is 32.2. The molecular formula is C22H23N3O4S2. The number of benzene rings is 1. The summed E-state index contributed by atoms with van der Waals surface area (Å²) in [5.74, 6) is 2.38. The molecule has 0 unspecified atom stereocenters. The number of rotatable bonds is 4. The molecule has 0 spiro atoms. The van der Waals surface area contributed by atoms with E-state index >= 15 is 0 Å². The predicted molar refractivity (Wildman–Crippen MR) is 123 cm³/mol. The van der Waals surface area contributed by atoms with Crippen LogP contribution in [0, 0.1) is 5.92 Å². The summed E-state index contributed by atoms with van der Waals surface area (Å²) in [6.45, 7) is 3.04. The number of hydrogen-bond acceptors (Lipinski definition) is 6. The summed E-state index contributed by atoms with van der Waals surface area (Å²) in [5, 5.41) is 2.94. The summed E-state index contributed by atoms with van der Waals surface area (Å²) in [6, 6.07) is 11.2. The van der Waals surface area contributed by atoms with Crippen molar-refractivity contribution in [2.45, 2.75) is 25.4 Å². The molecule has 1 fully saturated rings. The number of aromatic nitrogens is 1. The Morgan fingerprint density at radius 3 is 2.94 bits per heavy atom. The van der Waals surface area contributed by atoms with Gasteiger partial charge in [0.05, 0.1) is 5.75 Å². The van der Waals surface area contributed by atoms with E-state index in [1.54, 1.807) is 6.07 Å². The molecule has 2 atom stereocenters. The van der Waals surface area contributed by atoms with E-state index in [0.29, 0.717) is 24.1 Å². The summed E-state index contributed by atoms with van der Waals surface area (Å²) in [4.78, 5) is 26.7. The molecular weight excluding hydrogens is 434 g/mol. The lowest BCUT2D eigenvalue weighted by Crippen LogP contribution is -2.48. The number of piperidine rings is 1. The van der Waals surface area contributed by atoms with E-state index in [4.69, 9.17) is 21.7 Å². The van der Waals surface area contributed by atoms with Gasteiger partial charge in [-0.15, -0.1) is 0 Å². The number of nitrogens with one attached hydrogen (secondary N) is 1. The van der Waals surface area contributed by atoms with Gasteiger partial charge in [-0.1, -0.05) is 36.1 Å². The Morgan fingerprint density at radius 1 is 1.16 bits per heavy atom. The Bertz CT molecular complexity index is 1090. The van der Waals surface area contributed by atoms with Gasteiger partial charge in [0, 0.05) is 43.9 Å². The number of thiocarbonyl (C=S) groups is 1. The van der Waals surface area contributed by atoms with E-state index in [2.05, 4.69) is 10.2 Å². The van der Waals surface area contributed by atoms with Gasteiger partial charge in [-0.25, -0.2) is 0 Å². The van der Waals surface area contributed by atoms with Crippen LogP contribution in [0.25, 0.3) is 0 Å². The van der Waals surface area contributed by atoms with Gasteiger partial charge in [-0.3, -0.25) is 9.59 Å². The molecule has 0 radical (unpaired) electrons. The Balaban J connectivity index is 1.12. The van der Waals surface area contributed by atoms with E-state index in [1.807, 2.05) is 34.9 Å². The third kappa shape index (κ3) is 4.29. The number of carbonyl (C=O) groups excluding carboxylic acids is 1. The van der Waals surface area contributed by atoms with Gasteiger partial charge in [0.1, 0.15) is 4.32 Å². The van der Waals surface area contributed by atoms with Gasteiger partial charge in [-0.2, -0.15) is 0 Å². The van der Waals surface area contributed by atoms with Gasteiger partial charge in [-0.05, 0) is 36.1 Å². The zero-order valence-electron chi connectivity index (χ0n) is 16.9. The van der Waals surface area contributed by atoms with E-state index in [9.17, 15) is 9.59 Å². The number of fused-ring (bicyclic) bond motifs is 5. The third-order valence-electron chi connectivity index (χ3n) is 5.99. The molecule has 9 heteroatoms. The number of ether oxygens (including phenoxy) is 2. The lowest BCUT2D eigenvalue weighted by atomic mass is 9.83. The second-order valence-corrected chi connectivity index (χ2v) is 9.73. The monoisotopic (exact) mass is 457 g/mol. The van der Waals surface area contributed by atoms with Crippen molar-refractivity contribution in [3.05, 3.63) is 58.0 Å². The Hall–Kier alpha value is -2.52. The molecule has 2 bridgehead atoms. The van der Waals surface area contributed by atoms with E-state index in [1.165, 1.54) is 11.8 Å². The van der Waals surface area contributed by atoms with Gasteiger partial charge < -0.3 is 24.3 Å². The first-order valence-electron chi connectivity index (χ1n) is 10.3. The number of carbonyl (C=O) groups is 1. The number of thioether (sulfide) groups is 1. The molecule has 1 amide bonds. The van der Waals surface area contributed by atoms with E-state index in [-0.39, 0.29) is 24.0 Å². The number of amides is 1. The summed E-state index contributed by atoms with van der Waals surface area (Å²) >= 11 is 7.04. The van der Waals surface area contributed by atoms with Crippen LogP contribution < -0.4 is 20.3 Å². The smallest absolute Gasteiger partial charge is 0.250 e. The lowest BCUT2D eigenvalue weighted by molar-refractivity contribution is -0.118.